The van der Waals surface area contributed by atoms with Crippen molar-refractivity contribution < 1.29 is 14.3 Å². The van der Waals surface area contributed by atoms with Gasteiger partial charge in [-0.2, -0.15) is 0 Å². The number of rotatable bonds is 1. The van der Waals surface area contributed by atoms with Gasteiger partial charge in [-0.1, -0.05) is 19.8 Å². The summed E-state index contributed by atoms with van der Waals surface area (Å²) in [6.07, 6.45) is 4.81. The first-order valence-corrected chi connectivity index (χ1v) is 5.66. The summed E-state index contributed by atoms with van der Waals surface area (Å²) < 4.78 is 10.2. The van der Waals surface area contributed by atoms with E-state index in [0.29, 0.717) is 19.8 Å². The molecule has 1 fully saturated rings. The summed E-state index contributed by atoms with van der Waals surface area (Å²) in [7, 11) is 0. The van der Waals surface area contributed by atoms with Crippen molar-refractivity contribution in [2.75, 3.05) is 19.8 Å². The van der Waals surface area contributed by atoms with E-state index in [1.165, 1.54) is 4.90 Å². The standard InChI is InChI=1S/C10H15NO3.C2H6/c1-4-9-7-13-6-5-11(9)10(12)14-8(2)3;1-2/h1,8-9H,5-7H2,2-3H3;1-2H3. The molecule has 1 aliphatic heterocycles. The summed E-state index contributed by atoms with van der Waals surface area (Å²) in [5, 5.41) is 0. The molecular weight excluding hydrogens is 206 g/mol. The van der Waals surface area contributed by atoms with E-state index in [0.717, 1.165) is 0 Å². The monoisotopic (exact) mass is 227 g/mol. The molecule has 1 saturated heterocycles. The lowest BCUT2D eigenvalue weighted by Gasteiger charge is -2.32. The molecule has 1 unspecified atom stereocenters. The van der Waals surface area contributed by atoms with Gasteiger partial charge >= 0.3 is 6.09 Å². The molecule has 0 aromatic rings. The van der Waals surface area contributed by atoms with E-state index in [1.807, 2.05) is 27.7 Å². The van der Waals surface area contributed by atoms with Crippen LogP contribution in [0, 0.1) is 12.3 Å². The first-order chi connectivity index (χ1) is 7.65. The van der Waals surface area contributed by atoms with Gasteiger partial charge in [0.25, 0.3) is 0 Å². The Hall–Kier alpha value is -1.21. The maximum Gasteiger partial charge on any atom is 0.411 e. The van der Waals surface area contributed by atoms with Gasteiger partial charge in [0.05, 0.1) is 19.3 Å². The second-order valence-electron chi connectivity index (χ2n) is 3.38. The fraction of sp³-hybridized carbons (Fsp3) is 0.750. The Labute approximate surface area is 97.9 Å². The van der Waals surface area contributed by atoms with Gasteiger partial charge in [0.15, 0.2) is 0 Å². The summed E-state index contributed by atoms with van der Waals surface area (Å²) in [6, 6.07) is -0.296. The summed E-state index contributed by atoms with van der Waals surface area (Å²) >= 11 is 0. The molecule has 0 radical (unpaired) electrons. The highest BCUT2D eigenvalue weighted by Gasteiger charge is 2.27. The molecule has 4 nitrogen and oxygen atoms in total. The van der Waals surface area contributed by atoms with E-state index in [9.17, 15) is 4.79 Å². The topological polar surface area (TPSA) is 38.8 Å². The molecule has 0 bridgehead atoms. The van der Waals surface area contributed by atoms with Gasteiger partial charge in [0, 0.05) is 6.54 Å². The van der Waals surface area contributed by atoms with E-state index in [-0.39, 0.29) is 18.2 Å². The lowest BCUT2D eigenvalue weighted by molar-refractivity contribution is 0.000627. The van der Waals surface area contributed by atoms with E-state index in [2.05, 4.69) is 5.92 Å². The van der Waals surface area contributed by atoms with Crippen molar-refractivity contribution in [3.63, 3.8) is 0 Å². The molecule has 0 aliphatic carbocycles. The highest BCUT2D eigenvalue weighted by molar-refractivity contribution is 5.69. The summed E-state index contributed by atoms with van der Waals surface area (Å²) in [5.41, 5.74) is 0. The molecule has 16 heavy (non-hydrogen) atoms. The molecule has 1 heterocycles. The number of morpholine rings is 1. The number of carbonyl (C=O) groups excluding carboxylic acids is 1. The van der Waals surface area contributed by atoms with Crippen molar-refractivity contribution >= 4 is 6.09 Å². The Morgan fingerprint density at radius 2 is 2.19 bits per heavy atom. The smallest absolute Gasteiger partial charge is 0.411 e. The number of amides is 1. The Morgan fingerprint density at radius 3 is 2.69 bits per heavy atom. The van der Waals surface area contributed by atoms with Crippen molar-refractivity contribution in [2.24, 2.45) is 0 Å². The summed E-state index contributed by atoms with van der Waals surface area (Å²) in [4.78, 5) is 13.1. The minimum Gasteiger partial charge on any atom is -0.447 e. The van der Waals surface area contributed by atoms with Crippen LogP contribution in [0.3, 0.4) is 0 Å². The van der Waals surface area contributed by atoms with Gasteiger partial charge in [0.1, 0.15) is 6.04 Å². The SMILES string of the molecule is C#CC1COCCN1C(=O)OC(C)C.CC. The largest absolute Gasteiger partial charge is 0.447 e. The van der Waals surface area contributed by atoms with Crippen LogP contribution in [-0.2, 0) is 9.47 Å². The predicted molar refractivity (Wildman–Crippen MR) is 63.1 cm³/mol. The highest BCUT2D eigenvalue weighted by atomic mass is 16.6. The fourth-order valence-electron chi connectivity index (χ4n) is 1.23. The quantitative estimate of drug-likeness (QED) is 0.642. The second-order valence-corrected chi connectivity index (χ2v) is 3.38. The van der Waals surface area contributed by atoms with Crippen LogP contribution in [0.2, 0.25) is 0 Å². The molecule has 1 atom stereocenters. The van der Waals surface area contributed by atoms with E-state index in [4.69, 9.17) is 15.9 Å². The van der Waals surface area contributed by atoms with Crippen molar-refractivity contribution in [3.05, 3.63) is 0 Å². The van der Waals surface area contributed by atoms with Gasteiger partial charge in [-0.25, -0.2) is 4.79 Å². The first kappa shape index (κ1) is 14.8. The number of hydrogen-bond donors (Lipinski definition) is 0. The Bertz CT molecular complexity index is 245. The highest BCUT2D eigenvalue weighted by Crippen LogP contribution is 2.08. The Morgan fingerprint density at radius 1 is 1.56 bits per heavy atom. The maximum atomic E-state index is 11.5. The maximum absolute atomic E-state index is 11.5. The molecule has 4 heteroatoms. The Kier molecular flexibility index (Phi) is 7.40. The summed E-state index contributed by atoms with van der Waals surface area (Å²) in [6.45, 7) is 9.03. The predicted octanol–water partition coefficient (Wildman–Crippen LogP) is 1.89. The van der Waals surface area contributed by atoms with Crippen LogP contribution in [0.1, 0.15) is 27.7 Å². The van der Waals surface area contributed by atoms with Crippen molar-refractivity contribution in [3.8, 4) is 12.3 Å². The molecule has 1 amide bonds. The zero-order valence-corrected chi connectivity index (χ0v) is 10.5. The molecule has 0 spiro atoms. The zero-order valence-electron chi connectivity index (χ0n) is 10.5. The molecule has 0 aromatic heterocycles. The third-order valence-corrected chi connectivity index (χ3v) is 1.89. The molecular formula is C12H21NO3. The zero-order chi connectivity index (χ0) is 12.6. The third kappa shape index (κ3) is 4.54. The summed E-state index contributed by atoms with van der Waals surface area (Å²) in [5.74, 6) is 2.51. The van der Waals surface area contributed by atoms with Gasteiger partial charge in [0.2, 0.25) is 0 Å². The number of terminal acetylenes is 1. The lowest BCUT2D eigenvalue weighted by atomic mass is 10.2. The van der Waals surface area contributed by atoms with Gasteiger partial charge < -0.3 is 9.47 Å². The van der Waals surface area contributed by atoms with E-state index >= 15 is 0 Å². The van der Waals surface area contributed by atoms with Crippen LogP contribution in [0.25, 0.3) is 0 Å². The number of carbonyl (C=O) groups is 1. The molecule has 0 saturated carbocycles. The van der Waals surface area contributed by atoms with Crippen molar-refractivity contribution in [1.82, 2.24) is 4.90 Å². The normalized spacial score (nSPS) is 19.5. The number of nitrogens with zero attached hydrogens (tertiary/aromatic N) is 1. The fourth-order valence-corrected chi connectivity index (χ4v) is 1.23. The number of ether oxygens (including phenoxy) is 2. The van der Waals surface area contributed by atoms with E-state index < -0.39 is 0 Å². The molecule has 92 valence electrons. The number of hydrogen-bond acceptors (Lipinski definition) is 3. The average Bonchev–Trinajstić information content (AvgIpc) is 2.30. The van der Waals surface area contributed by atoms with Crippen LogP contribution in [0.5, 0.6) is 0 Å². The molecule has 1 rings (SSSR count). The Balaban J connectivity index is 0.00000106. The van der Waals surface area contributed by atoms with Gasteiger partial charge in [-0.3, -0.25) is 4.90 Å². The van der Waals surface area contributed by atoms with Gasteiger partial charge in [-0.15, -0.1) is 6.42 Å². The van der Waals surface area contributed by atoms with Crippen LogP contribution in [-0.4, -0.2) is 42.9 Å². The van der Waals surface area contributed by atoms with Crippen molar-refractivity contribution in [1.29, 1.82) is 0 Å². The average molecular weight is 227 g/mol. The van der Waals surface area contributed by atoms with Gasteiger partial charge in [-0.05, 0) is 13.8 Å². The minimum atomic E-state index is -0.355. The van der Waals surface area contributed by atoms with Crippen LogP contribution in [0.15, 0.2) is 0 Å². The molecule has 0 aromatic carbocycles. The van der Waals surface area contributed by atoms with Crippen LogP contribution >= 0.6 is 0 Å². The minimum absolute atomic E-state index is 0.122. The third-order valence-electron chi connectivity index (χ3n) is 1.89. The first-order valence-electron chi connectivity index (χ1n) is 5.66. The molecule has 0 N–H and O–H groups in total. The van der Waals surface area contributed by atoms with E-state index in [1.54, 1.807) is 0 Å². The van der Waals surface area contributed by atoms with Crippen molar-refractivity contribution in [2.45, 2.75) is 39.8 Å². The van der Waals surface area contributed by atoms with Crippen LogP contribution in [0.4, 0.5) is 4.79 Å². The van der Waals surface area contributed by atoms with Crippen LogP contribution < -0.4 is 0 Å². The molecule has 1 aliphatic rings. The lowest BCUT2D eigenvalue weighted by Crippen LogP contribution is -2.48. The second kappa shape index (κ2) is 8.00.